The normalized spacial score (nSPS) is 16.0. The highest BCUT2D eigenvalue weighted by Crippen LogP contribution is 2.34. The van der Waals surface area contributed by atoms with Crippen molar-refractivity contribution in [3.05, 3.63) is 84.2 Å². The number of aromatic nitrogens is 1. The maximum atomic E-state index is 10.0. The second-order valence-electron chi connectivity index (χ2n) is 6.79. The van der Waals surface area contributed by atoms with Gasteiger partial charge >= 0.3 is 0 Å². The summed E-state index contributed by atoms with van der Waals surface area (Å²) in [6.45, 7) is 0.566. The van der Waals surface area contributed by atoms with Crippen LogP contribution in [0.5, 0.6) is 0 Å². The summed E-state index contributed by atoms with van der Waals surface area (Å²) < 4.78 is 2.14. The maximum absolute atomic E-state index is 10.0. The van der Waals surface area contributed by atoms with Crippen LogP contribution in [0, 0.1) is 0 Å². The standard InChI is InChI=1S/C23H22BrN2O/c1-25-12-10-17(20-6-2-4-8-22(20)25)14-18-11-13-26(16-19(27)15-24)23-9-5-3-7-21(18)23/h2-14,19,27H,15-16H2,1H3/q+1. The third-order valence-corrected chi connectivity index (χ3v) is 5.68. The monoisotopic (exact) mass is 421 g/mol. The van der Waals surface area contributed by atoms with Crippen LogP contribution in [0.25, 0.3) is 22.6 Å². The number of aliphatic hydroxyl groups excluding tert-OH is 1. The van der Waals surface area contributed by atoms with Crippen molar-refractivity contribution < 1.29 is 9.67 Å². The van der Waals surface area contributed by atoms with Crippen molar-refractivity contribution >= 4 is 44.2 Å². The van der Waals surface area contributed by atoms with Gasteiger partial charge in [0.2, 0.25) is 5.52 Å². The molecule has 1 N–H and O–H groups in total. The fourth-order valence-corrected chi connectivity index (χ4v) is 3.76. The third-order valence-electron chi connectivity index (χ3n) is 4.93. The zero-order chi connectivity index (χ0) is 18.8. The van der Waals surface area contributed by atoms with Gasteiger partial charge in [-0.1, -0.05) is 46.3 Å². The number of allylic oxidation sites excluding steroid dienone is 2. The van der Waals surface area contributed by atoms with E-state index < -0.39 is 6.10 Å². The minimum absolute atomic E-state index is 0.411. The summed E-state index contributed by atoms with van der Waals surface area (Å²) in [7, 11) is 2.07. The van der Waals surface area contributed by atoms with E-state index in [2.05, 4.69) is 106 Å². The Labute approximate surface area is 168 Å². The molecule has 2 heterocycles. The third kappa shape index (κ3) is 3.55. The van der Waals surface area contributed by atoms with Crippen molar-refractivity contribution in [2.24, 2.45) is 7.05 Å². The highest BCUT2D eigenvalue weighted by molar-refractivity contribution is 9.09. The van der Waals surface area contributed by atoms with E-state index in [1.807, 2.05) is 6.07 Å². The second kappa shape index (κ2) is 7.67. The Morgan fingerprint density at radius 1 is 1.11 bits per heavy atom. The summed E-state index contributed by atoms with van der Waals surface area (Å²) in [4.78, 5) is 2.11. The Hall–Kier alpha value is -2.43. The average molecular weight is 422 g/mol. The molecule has 1 unspecified atom stereocenters. The number of para-hydroxylation sites is 2. The lowest BCUT2D eigenvalue weighted by Crippen LogP contribution is -2.30. The number of alkyl halides is 1. The van der Waals surface area contributed by atoms with E-state index >= 15 is 0 Å². The van der Waals surface area contributed by atoms with Gasteiger partial charge in [0, 0.05) is 41.5 Å². The van der Waals surface area contributed by atoms with Gasteiger partial charge < -0.3 is 10.0 Å². The molecule has 136 valence electrons. The summed E-state index contributed by atoms with van der Waals surface area (Å²) >= 11 is 3.35. The number of benzene rings is 2. The molecule has 1 aliphatic heterocycles. The van der Waals surface area contributed by atoms with E-state index in [9.17, 15) is 5.11 Å². The van der Waals surface area contributed by atoms with Gasteiger partial charge in [0.15, 0.2) is 6.20 Å². The van der Waals surface area contributed by atoms with Crippen molar-refractivity contribution in [2.75, 3.05) is 16.8 Å². The first kappa shape index (κ1) is 18.0. The van der Waals surface area contributed by atoms with Gasteiger partial charge in [-0.25, -0.2) is 4.57 Å². The Bertz CT molecular complexity index is 1040. The van der Waals surface area contributed by atoms with Gasteiger partial charge in [0.1, 0.15) is 7.05 Å². The molecule has 0 bridgehead atoms. The number of hydrogen-bond donors (Lipinski definition) is 1. The van der Waals surface area contributed by atoms with Crippen molar-refractivity contribution in [3.8, 4) is 0 Å². The lowest BCUT2D eigenvalue weighted by molar-refractivity contribution is -0.644. The topological polar surface area (TPSA) is 27.4 Å². The number of fused-ring (bicyclic) bond motifs is 2. The minimum Gasteiger partial charge on any atom is -0.390 e. The largest absolute Gasteiger partial charge is 0.390 e. The number of anilines is 1. The Morgan fingerprint density at radius 2 is 1.89 bits per heavy atom. The Kier molecular flexibility index (Phi) is 5.10. The predicted molar refractivity (Wildman–Crippen MR) is 116 cm³/mol. The van der Waals surface area contributed by atoms with Gasteiger partial charge in [-0.15, -0.1) is 0 Å². The van der Waals surface area contributed by atoms with Crippen LogP contribution in [0.3, 0.4) is 0 Å². The van der Waals surface area contributed by atoms with Gasteiger partial charge in [-0.3, -0.25) is 0 Å². The van der Waals surface area contributed by atoms with Crippen LogP contribution in [-0.2, 0) is 7.05 Å². The molecule has 0 fully saturated rings. The Balaban J connectivity index is 1.80. The molecule has 0 saturated heterocycles. The molecular formula is C23H22BrN2O+. The van der Waals surface area contributed by atoms with Crippen LogP contribution >= 0.6 is 15.9 Å². The number of aryl methyl sites for hydroxylation is 1. The smallest absolute Gasteiger partial charge is 0.212 e. The summed E-state index contributed by atoms with van der Waals surface area (Å²) in [5.74, 6) is 0. The second-order valence-corrected chi connectivity index (χ2v) is 7.44. The molecule has 0 saturated carbocycles. The highest BCUT2D eigenvalue weighted by Gasteiger charge is 2.18. The molecule has 0 amide bonds. The summed E-state index contributed by atoms with van der Waals surface area (Å²) in [5.41, 5.74) is 5.89. The summed E-state index contributed by atoms with van der Waals surface area (Å²) in [6, 6.07) is 19.0. The number of rotatable bonds is 4. The number of halogens is 1. The quantitative estimate of drug-likeness (QED) is 0.502. The fraction of sp³-hybridized carbons (Fsp3) is 0.174. The molecule has 3 aromatic rings. The van der Waals surface area contributed by atoms with Gasteiger partial charge in [0.05, 0.1) is 11.5 Å². The van der Waals surface area contributed by atoms with E-state index in [0.717, 1.165) is 5.69 Å². The molecule has 0 spiro atoms. The van der Waals surface area contributed by atoms with Crippen LogP contribution in [0.2, 0.25) is 0 Å². The Morgan fingerprint density at radius 3 is 2.74 bits per heavy atom. The lowest BCUT2D eigenvalue weighted by Gasteiger charge is -2.29. The fourth-order valence-electron chi connectivity index (χ4n) is 3.55. The molecule has 0 aliphatic carbocycles. The van der Waals surface area contributed by atoms with E-state index in [1.54, 1.807) is 0 Å². The summed E-state index contributed by atoms with van der Waals surface area (Å²) in [5, 5.41) is 11.8. The molecule has 1 aliphatic rings. The molecular weight excluding hydrogens is 400 g/mol. The van der Waals surface area contributed by atoms with Crippen molar-refractivity contribution in [2.45, 2.75) is 6.10 Å². The van der Waals surface area contributed by atoms with E-state index in [1.165, 1.54) is 27.6 Å². The van der Waals surface area contributed by atoms with E-state index in [0.29, 0.717) is 11.9 Å². The van der Waals surface area contributed by atoms with Crippen LogP contribution < -0.4 is 9.47 Å². The number of nitrogens with zero attached hydrogens (tertiary/aromatic N) is 2. The number of hydrogen-bond acceptors (Lipinski definition) is 2. The van der Waals surface area contributed by atoms with Crippen molar-refractivity contribution in [3.63, 3.8) is 0 Å². The molecule has 3 nitrogen and oxygen atoms in total. The van der Waals surface area contributed by atoms with Crippen molar-refractivity contribution in [1.82, 2.24) is 0 Å². The zero-order valence-corrected chi connectivity index (χ0v) is 16.8. The van der Waals surface area contributed by atoms with E-state index in [-0.39, 0.29) is 0 Å². The van der Waals surface area contributed by atoms with E-state index in [4.69, 9.17) is 0 Å². The molecule has 0 radical (unpaired) electrons. The molecule has 4 heteroatoms. The van der Waals surface area contributed by atoms with Crippen molar-refractivity contribution in [1.29, 1.82) is 0 Å². The number of β-amino-alcohol motifs (C(OH)–C–C–N with tert-alkyl or cyclic N) is 1. The van der Waals surface area contributed by atoms with Crippen LogP contribution in [-0.4, -0.2) is 23.1 Å². The molecule has 27 heavy (non-hydrogen) atoms. The highest BCUT2D eigenvalue weighted by atomic mass is 79.9. The number of aliphatic hydroxyl groups is 1. The first-order valence-electron chi connectivity index (χ1n) is 9.05. The predicted octanol–water partition coefficient (Wildman–Crippen LogP) is 4.29. The SMILES string of the molecule is C[n+]1ccc(/C=C2/C=CN(CC(O)CBr)c3ccccc32)c2ccccc21. The number of pyridine rings is 1. The first-order valence-corrected chi connectivity index (χ1v) is 10.2. The zero-order valence-electron chi connectivity index (χ0n) is 15.2. The molecule has 1 atom stereocenters. The van der Waals surface area contributed by atoms with Gasteiger partial charge in [-0.2, -0.15) is 0 Å². The maximum Gasteiger partial charge on any atom is 0.212 e. The van der Waals surface area contributed by atoms with Crippen LogP contribution in [0.15, 0.2) is 73.1 Å². The average Bonchev–Trinajstić information content (AvgIpc) is 2.71. The van der Waals surface area contributed by atoms with Gasteiger partial charge in [0.25, 0.3) is 0 Å². The lowest BCUT2D eigenvalue weighted by atomic mass is 9.96. The van der Waals surface area contributed by atoms with Crippen LogP contribution in [0.1, 0.15) is 11.1 Å². The molecule has 1 aromatic heterocycles. The first-order chi connectivity index (χ1) is 13.2. The minimum atomic E-state index is -0.411. The van der Waals surface area contributed by atoms with Gasteiger partial charge in [-0.05, 0) is 35.4 Å². The molecule has 2 aromatic carbocycles. The van der Waals surface area contributed by atoms with Crippen LogP contribution in [0.4, 0.5) is 5.69 Å². The summed E-state index contributed by atoms with van der Waals surface area (Å²) in [6.07, 6.45) is 8.13. The molecule has 4 rings (SSSR count).